The molecule has 0 heterocycles. The van der Waals surface area contributed by atoms with Crippen molar-refractivity contribution < 1.29 is 22.7 Å². The van der Waals surface area contributed by atoms with Crippen molar-refractivity contribution in [2.75, 3.05) is 7.11 Å². The molecule has 0 aromatic heterocycles. The van der Waals surface area contributed by atoms with Crippen molar-refractivity contribution in [1.82, 2.24) is 0 Å². The van der Waals surface area contributed by atoms with Crippen molar-refractivity contribution in [3.8, 4) is 0 Å². The van der Waals surface area contributed by atoms with Gasteiger partial charge in [0.1, 0.15) is 0 Å². The third kappa shape index (κ3) is 2.17. The molecule has 0 amide bonds. The standard InChI is InChI=1S/C18H29F3O2/c1-14(2,3)17(15(4,5)6)10-11-8-12(17)16(9-11,13(22)23-7)18(19,20)21/h11-12H,8-10H2,1-7H3. The molecule has 0 saturated heterocycles. The highest BCUT2D eigenvalue weighted by atomic mass is 19.4. The number of esters is 1. The first-order chi connectivity index (χ1) is 10.1. The fraction of sp³-hybridized carbons (Fsp3) is 0.944. The summed E-state index contributed by atoms with van der Waals surface area (Å²) in [5, 5.41) is 0. The van der Waals surface area contributed by atoms with E-state index in [0.717, 1.165) is 13.5 Å². The Hall–Kier alpha value is -0.740. The van der Waals surface area contributed by atoms with Crippen LogP contribution in [0.2, 0.25) is 0 Å². The van der Waals surface area contributed by atoms with Gasteiger partial charge in [0, 0.05) is 0 Å². The van der Waals surface area contributed by atoms with E-state index >= 15 is 0 Å². The molecule has 3 atom stereocenters. The first-order valence-electron chi connectivity index (χ1n) is 8.30. The molecule has 3 unspecified atom stereocenters. The second kappa shape index (κ2) is 4.89. The summed E-state index contributed by atoms with van der Waals surface area (Å²) in [6.07, 6.45) is -3.49. The molecule has 0 radical (unpaired) electrons. The van der Waals surface area contributed by atoms with Gasteiger partial charge in [0.05, 0.1) is 7.11 Å². The van der Waals surface area contributed by atoms with E-state index in [1.54, 1.807) is 0 Å². The second-order valence-electron chi connectivity index (χ2n) is 9.49. The number of ether oxygens (including phenoxy) is 1. The monoisotopic (exact) mass is 334 g/mol. The fourth-order valence-corrected chi connectivity index (χ4v) is 6.21. The van der Waals surface area contributed by atoms with Crippen LogP contribution >= 0.6 is 0 Å². The Morgan fingerprint density at radius 2 is 1.48 bits per heavy atom. The Morgan fingerprint density at radius 3 is 1.78 bits per heavy atom. The van der Waals surface area contributed by atoms with E-state index in [1.807, 2.05) is 41.5 Å². The minimum atomic E-state index is -4.58. The minimum Gasteiger partial charge on any atom is -0.468 e. The van der Waals surface area contributed by atoms with Gasteiger partial charge in [0.15, 0.2) is 5.41 Å². The van der Waals surface area contributed by atoms with Crippen LogP contribution in [0.5, 0.6) is 0 Å². The summed E-state index contributed by atoms with van der Waals surface area (Å²) in [6, 6.07) is 0. The van der Waals surface area contributed by atoms with Gasteiger partial charge in [-0.3, -0.25) is 4.79 Å². The number of carbonyl (C=O) groups excluding carboxylic acids is 1. The van der Waals surface area contributed by atoms with Crippen molar-refractivity contribution in [3.05, 3.63) is 0 Å². The SMILES string of the molecule is COC(=O)C1(C(F)(F)F)CC2CC1C(C(C)(C)C)(C(C)(C)C)C2. The molecule has 0 aromatic carbocycles. The molecule has 0 aliphatic heterocycles. The number of alkyl halides is 3. The van der Waals surface area contributed by atoms with Crippen LogP contribution < -0.4 is 0 Å². The maximum absolute atomic E-state index is 14.1. The van der Waals surface area contributed by atoms with Crippen molar-refractivity contribution in [3.63, 3.8) is 0 Å². The summed E-state index contributed by atoms with van der Waals surface area (Å²) in [5.41, 5.74) is -3.59. The lowest BCUT2D eigenvalue weighted by atomic mass is 9.43. The van der Waals surface area contributed by atoms with Crippen molar-refractivity contribution in [2.45, 2.75) is 67.0 Å². The van der Waals surface area contributed by atoms with E-state index in [0.29, 0.717) is 6.42 Å². The number of hydrogen-bond acceptors (Lipinski definition) is 2. The lowest BCUT2D eigenvalue weighted by Crippen LogP contribution is -2.61. The topological polar surface area (TPSA) is 26.3 Å². The maximum Gasteiger partial charge on any atom is 0.405 e. The highest BCUT2D eigenvalue weighted by Gasteiger charge is 2.79. The van der Waals surface area contributed by atoms with Gasteiger partial charge in [-0.1, -0.05) is 41.5 Å². The van der Waals surface area contributed by atoms with Gasteiger partial charge in [-0.15, -0.1) is 0 Å². The van der Waals surface area contributed by atoms with Gasteiger partial charge >= 0.3 is 12.1 Å². The zero-order valence-electron chi connectivity index (χ0n) is 15.2. The molecule has 0 aromatic rings. The molecule has 5 heteroatoms. The Balaban J connectivity index is 2.71. The highest BCUT2D eigenvalue weighted by molar-refractivity contribution is 5.79. The molecule has 0 spiro atoms. The summed E-state index contributed by atoms with van der Waals surface area (Å²) in [5.74, 6) is -1.90. The van der Waals surface area contributed by atoms with E-state index < -0.39 is 28.9 Å². The average Bonchev–Trinajstić information content (AvgIpc) is 2.91. The lowest BCUT2D eigenvalue weighted by molar-refractivity contribution is -0.274. The van der Waals surface area contributed by atoms with Crippen LogP contribution in [0.15, 0.2) is 0 Å². The predicted molar refractivity (Wildman–Crippen MR) is 82.7 cm³/mol. The lowest BCUT2D eigenvalue weighted by Gasteiger charge is -2.60. The number of halogens is 3. The molecule has 2 rings (SSSR count). The predicted octanol–water partition coefficient (Wildman–Crippen LogP) is 5.22. The van der Waals surface area contributed by atoms with Gasteiger partial charge < -0.3 is 4.74 Å². The van der Waals surface area contributed by atoms with Crippen molar-refractivity contribution >= 4 is 5.97 Å². The van der Waals surface area contributed by atoms with Crippen molar-refractivity contribution in [1.29, 1.82) is 0 Å². The Morgan fingerprint density at radius 1 is 1.00 bits per heavy atom. The molecule has 134 valence electrons. The van der Waals surface area contributed by atoms with Crippen LogP contribution in [0, 0.1) is 33.5 Å². The summed E-state index contributed by atoms with van der Waals surface area (Å²) >= 11 is 0. The smallest absolute Gasteiger partial charge is 0.405 e. The molecule has 2 aliphatic carbocycles. The summed E-state index contributed by atoms with van der Waals surface area (Å²) < 4.78 is 47.1. The van der Waals surface area contributed by atoms with Crippen LogP contribution in [-0.2, 0) is 9.53 Å². The van der Waals surface area contributed by atoms with Gasteiger partial charge in [-0.2, -0.15) is 13.2 Å². The summed E-state index contributed by atoms with van der Waals surface area (Å²) in [7, 11) is 1.07. The largest absolute Gasteiger partial charge is 0.468 e. The van der Waals surface area contributed by atoms with Crippen LogP contribution in [0.4, 0.5) is 13.2 Å². The number of rotatable bonds is 1. The van der Waals surface area contributed by atoms with Crippen molar-refractivity contribution in [2.24, 2.45) is 33.5 Å². The van der Waals surface area contributed by atoms with Gasteiger partial charge in [0.25, 0.3) is 0 Å². The minimum absolute atomic E-state index is 0.0702. The van der Waals surface area contributed by atoms with Crippen LogP contribution in [0.3, 0.4) is 0 Å². The maximum atomic E-state index is 14.1. The molecule has 23 heavy (non-hydrogen) atoms. The Labute approximate surface area is 137 Å². The third-order valence-electron chi connectivity index (χ3n) is 6.71. The van der Waals surface area contributed by atoms with E-state index in [2.05, 4.69) is 4.74 Å². The summed E-state index contributed by atoms with van der Waals surface area (Å²) in [6.45, 7) is 12.1. The van der Waals surface area contributed by atoms with E-state index in [1.165, 1.54) is 0 Å². The molecule has 2 saturated carbocycles. The van der Waals surface area contributed by atoms with E-state index in [-0.39, 0.29) is 23.2 Å². The first-order valence-corrected chi connectivity index (χ1v) is 8.30. The molecule has 2 bridgehead atoms. The zero-order valence-corrected chi connectivity index (χ0v) is 15.2. The second-order valence-corrected chi connectivity index (χ2v) is 9.49. The fourth-order valence-electron chi connectivity index (χ4n) is 6.21. The normalized spacial score (nSPS) is 33.8. The molecule has 0 N–H and O–H groups in total. The van der Waals surface area contributed by atoms with Gasteiger partial charge in [-0.05, 0) is 47.3 Å². The Kier molecular flexibility index (Phi) is 3.95. The molecule has 2 nitrogen and oxygen atoms in total. The Bertz CT molecular complexity index is 482. The van der Waals surface area contributed by atoms with Crippen LogP contribution in [0.25, 0.3) is 0 Å². The first kappa shape index (κ1) is 18.6. The summed E-state index contributed by atoms with van der Waals surface area (Å²) in [4.78, 5) is 12.4. The zero-order chi connectivity index (χ0) is 18.1. The van der Waals surface area contributed by atoms with Gasteiger partial charge in [0.2, 0.25) is 0 Å². The molecular weight excluding hydrogens is 305 g/mol. The highest BCUT2D eigenvalue weighted by Crippen LogP contribution is 2.77. The average molecular weight is 334 g/mol. The van der Waals surface area contributed by atoms with Crippen LogP contribution in [-0.4, -0.2) is 19.3 Å². The number of fused-ring (bicyclic) bond motifs is 2. The number of methoxy groups -OCH3 is 1. The molecule has 2 aliphatic rings. The van der Waals surface area contributed by atoms with Gasteiger partial charge in [-0.25, -0.2) is 0 Å². The number of carbonyl (C=O) groups is 1. The number of hydrogen-bond donors (Lipinski definition) is 0. The molecular formula is C18H29F3O2. The third-order valence-corrected chi connectivity index (χ3v) is 6.71. The van der Waals surface area contributed by atoms with E-state index in [4.69, 9.17) is 0 Å². The quantitative estimate of drug-likeness (QED) is 0.615. The molecule has 2 fully saturated rings. The van der Waals surface area contributed by atoms with Crippen LogP contribution in [0.1, 0.15) is 60.8 Å². The van der Waals surface area contributed by atoms with E-state index in [9.17, 15) is 18.0 Å².